The lowest BCUT2D eigenvalue weighted by molar-refractivity contribution is -0.120. The molecule has 0 spiro atoms. The average molecular weight is 292 g/mol. The third kappa shape index (κ3) is 6.05. The van der Waals surface area contributed by atoms with E-state index < -0.39 is 11.9 Å². The maximum atomic E-state index is 11.7. The normalized spacial score (nSPS) is 9.86. The van der Waals surface area contributed by atoms with E-state index in [0.717, 1.165) is 11.1 Å². The van der Waals surface area contributed by atoms with Crippen LogP contribution in [0.15, 0.2) is 18.2 Å². The van der Waals surface area contributed by atoms with E-state index >= 15 is 0 Å². The number of aryl methyl sites for hydroxylation is 2. The van der Waals surface area contributed by atoms with Crippen LogP contribution in [0.2, 0.25) is 0 Å². The van der Waals surface area contributed by atoms with Gasteiger partial charge in [0.15, 0.2) is 0 Å². The predicted octanol–water partition coefficient (Wildman–Crippen LogP) is 0.287. The molecular formula is C14H20N4O3. The van der Waals surface area contributed by atoms with Gasteiger partial charge in [0.2, 0.25) is 11.8 Å². The number of imide groups is 1. The van der Waals surface area contributed by atoms with Gasteiger partial charge in [0.05, 0.1) is 13.1 Å². The van der Waals surface area contributed by atoms with Crippen LogP contribution in [0, 0.1) is 13.8 Å². The van der Waals surface area contributed by atoms with Crippen LogP contribution in [-0.4, -0.2) is 38.0 Å². The van der Waals surface area contributed by atoms with Crippen molar-refractivity contribution in [2.75, 3.05) is 25.5 Å². The Morgan fingerprint density at radius 2 is 1.71 bits per heavy atom. The molecule has 7 nitrogen and oxygen atoms in total. The molecule has 0 atom stereocenters. The van der Waals surface area contributed by atoms with Crippen LogP contribution in [0.4, 0.5) is 10.5 Å². The first-order valence-electron chi connectivity index (χ1n) is 6.51. The summed E-state index contributed by atoms with van der Waals surface area (Å²) in [5.74, 6) is -0.747. The standard InChI is InChI=1S/C14H20N4O3/c1-9-4-5-11(10(2)6-9)17-14(21)18-13(20)8-16-7-12(19)15-3/h4-6,16H,7-8H2,1-3H3,(H,15,19)(H2,17,18,20,21). The van der Waals surface area contributed by atoms with Gasteiger partial charge in [0, 0.05) is 12.7 Å². The first-order valence-corrected chi connectivity index (χ1v) is 6.51. The van der Waals surface area contributed by atoms with Gasteiger partial charge in [-0.25, -0.2) is 4.79 Å². The molecule has 0 aliphatic rings. The molecular weight excluding hydrogens is 272 g/mol. The Bertz CT molecular complexity index is 543. The monoisotopic (exact) mass is 292 g/mol. The number of likely N-dealkylation sites (N-methyl/N-ethyl adjacent to an activating group) is 1. The molecule has 0 saturated heterocycles. The summed E-state index contributed by atoms with van der Waals surface area (Å²) in [6.45, 7) is 3.73. The Hall–Kier alpha value is -2.41. The molecule has 0 aliphatic heterocycles. The Morgan fingerprint density at radius 3 is 2.33 bits per heavy atom. The SMILES string of the molecule is CNC(=O)CNCC(=O)NC(=O)Nc1ccc(C)cc1C. The van der Waals surface area contributed by atoms with E-state index in [4.69, 9.17) is 0 Å². The van der Waals surface area contributed by atoms with Crippen molar-refractivity contribution in [3.8, 4) is 0 Å². The number of amides is 4. The molecule has 7 heteroatoms. The van der Waals surface area contributed by atoms with E-state index in [1.807, 2.05) is 26.0 Å². The molecule has 0 saturated carbocycles. The summed E-state index contributed by atoms with van der Waals surface area (Å²) in [5, 5.41) is 9.81. The quantitative estimate of drug-likeness (QED) is 0.626. The summed E-state index contributed by atoms with van der Waals surface area (Å²) in [6.07, 6.45) is 0. The van der Waals surface area contributed by atoms with Crippen LogP contribution in [0.5, 0.6) is 0 Å². The van der Waals surface area contributed by atoms with Gasteiger partial charge in [0.1, 0.15) is 0 Å². The van der Waals surface area contributed by atoms with E-state index in [2.05, 4.69) is 21.3 Å². The van der Waals surface area contributed by atoms with Gasteiger partial charge in [-0.1, -0.05) is 17.7 Å². The van der Waals surface area contributed by atoms with Crippen molar-refractivity contribution < 1.29 is 14.4 Å². The average Bonchev–Trinajstić information content (AvgIpc) is 2.41. The molecule has 4 amide bonds. The maximum absolute atomic E-state index is 11.7. The molecule has 0 fully saturated rings. The van der Waals surface area contributed by atoms with Gasteiger partial charge in [-0.15, -0.1) is 0 Å². The van der Waals surface area contributed by atoms with Crippen molar-refractivity contribution >= 4 is 23.5 Å². The van der Waals surface area contributed by atoms with Gasteiger partial charge in [-0.2, -0.15) is 0 Å². The lowest BCUT2D eigenvalue weighted by Crippen LogP contribution is -2.42. The highest BCUT2D eigenvalue weighted by Gasteiger charge is 2.09. The third-order valence-corrected chi connectivity index (χ3v) is 2.73. The van der Waals surface area contributed by atoms with E-state index in [0.29, 0.717) is 5.69 Å². The molecule has 0 bridgehead atoms. The minimum absolute atomic E-state index is 0.0165. The van der Waals surface area contributed by atoms with Crippen LogP contribution in [-0.2, 0) is 9.59 Å². The number of carbonyl (C=O) groups is 3. The van der Waals surface area contributed by atoms with Gasteiger partial charge in [-0.05, 0) is 25.5 Å². The van der Waals surface area contributed by atoms with Crippen LogP contribution in [0.25, 0.3) is 0 Å². The maximum Gasteiger partial charge on any atom is 0.325 e. The molecule has 0 radical (unpaired) electrons. The van der Waals surface area contributed by atoms with E-state index in [1.54, 1.807) is 6.07 Å². The second-order valence-electron chi connectivity index (χ2n) is 4.60. The number of rotatable bonds is 5. The fraction of sp³-hybridized carbons (Fsp3) is 0.357. The number of anilines is 1. The molecule has 0 aromatic heterocycles. The Morgan fingerprint density at radius 1 is 1.05 bits per heavy atom. The number of carbonyl (C=O) groups excluding carboxylic acids is 3. The van der Waals surface area contributed by atoms with E-state index in [1.165, 1.54) is 7.05 Å². The molecule has 1 rings (SSSR count). The molecule has 1 aromatic carbocycles. The molecule has 4 N–H and O–H groups in total. The third-order valence-electron chi connectivity index (χ3n) is 2.73. The summed E-state index contributed by atoms with van der Waals surface area (Å²) < 4.78 is 0. The topological polar surface area (TPSA) is 99.3 Å². The molecule has 114 valence electrons. The second kappa shape index (κ2) is 8.01. The minimum Gasteiger partial charge on any atom is -0.358 e. The molecule has 0 unspecified atom stereocenters. The largest absolute Gasteiger partial charge is 0.358 e. The van der Waals surface area contributed by atoms with Gasteiger partial charge in [0.25, 0.3) is 0 Å². The van der Waals surface area contributed by atoms with Crippen molar-refractivity contribution in [1.82, 2.24) is 16.0 Å². The van der Waals surface area contributed by atoms with Crippen LogP contribution >= 0.6 is 0 Å². The summed E-state index contributed by atoms with van der Waals surface area (Å²) in [4.78, 5) is 34.1. The first kappa shape index (κ1) is 16.6. The van der Waals surface area contributed by atoms with E-state index in [9.17, 15) is 14.4 Å². The smallest absolute Gasteiger partial charge is 0.325 e. The van der Waals surface area contributed by atoms with Gasteiger partial charge in [-0.3, -0.25) is 20.2 Å². The molecule has 1 aromatic rings. The van der Waals surface area contributed by atoms with Crippen molar-refractivity contribution in [1.29, 1.82) is 0 Å². The zero-order valence-electron chi connectivity index (χ0n) is 12.4. The van der Waals surface area contributed by atoms with Crippen molar-refractivity contribution in [3.63, 3.8) is 0 Å². The fourth-order valence-corrected chi connectivity index (χ4v) is 1.66. The van der Waals surface area contributed by atoms with Crippen molar-refractivity contribution in [3.05, 3.63) is 29.3 Å². The van der Waals surface area contributed by atoms with Gasteiger partial charge >= 0.3 is 6.03 Å². The Kier molecular flexibility index (Phi) is 6.35. The summed E-state index contributed by atoms with van der Waals surface area (Å²) in [5.41, 5.74) is 2.65. The second-order valence-corrected chi connectivity index (χ2v) is 4.60. The Labute approximate surface area is 123 Å². The number of nitrogens with one attached hydrogen (secondary N) is 4. The lowest BCUT2D eigenvalue weighted by Gasteiger charge is -2.10. The summed E-state index contributed by atoms with van der Waals surface area (Å²) in [6, 6.07) is 4.98. The number of benzene rings is 1. The van der Waals surface area contributed by atoms with Crippen LogP contribution in [0.1, 0.15) is 11.1 Å². The highest BCUT2D eigenvalue weighted by Crippen LogP contribution is 2.15. The van der Waals surface area contributed by atoms with Crippen molar-refractivity contribution in [2.24, 2.45) is 0 Å². The van der Waals surface area contributed by atoms with Crippen molar-refractivity contribution in [2.45, 2.75) is 13.8 Å². The summed E-state index contributed by atoms with van der Waals surface area (Å²) in [7, 11) is 1.50. The Balaban J connectivity index is 2.39. The van der Waals surface area contributed by atoms with Gasteiger partial charge < -0.3 is 10.6 Å². The number of urea groups is 1. The molecule has 0 aliphatic carbocycles. The lowest BCUT2D eigenvalue weighted by atomic mass is 10.1. The number of hydrogen-bond acceptors (Lipinski definition) is 4. The first-order chi connectivity index (χ1) is 9.92. The minimum atomic E-state index is -0.603. The van der Waals surface area contributed by atoms with Crippen LogP contribution < -0.4 is 21.3 Å². The fourth-order valence-electron chi connectivity index (χ4n) is 1.66. The summed E-state index contributed by atoms with van der Waals surface area (Å²) >= 11 is 0. The molecule has 0 heterocycles. The number of hydrogen-bond donors (Lipinski definition) is 4. The predicted molar refractivity (Wildman–Crippen MR) is 80.0 cm³/mol. The molecule has 21 heavy (non-hydrogen) atoms. The van der Waals surface area contributed by atoms with E-state index in [-0.39, 0.29) is 19.0 Å². The zero-order chi connectivity index (χ0) is 15.8. The zero-order valence-corrected chi connectivity index (χ0v) is 12.4. The highest BCUT2D eigenvalue weighted by atomic mass is 16.2. The van der Waals surface area contributed by atoms with Crippen LogP contribution in [0.3, 0.4) is 0 Å². The highest BCUT2D eigenvalue weighted by molar-refractivity contribution is 6.02.